The molecule has 21 heavy (non-hydrogen) atoms. The minimum Gasteiger partial charge on any atom is -0.394 e. The molecule has 2 unspecified atom stereocenters. The molecule has 116 valence electrons. The third-order valence-corrected chi connectivity index (χ3v) is 3.34. The molecule has 1 fully saturated rings. The molecule has 0 bridgehead atoms. The van der Waals surface area contributed by atoms with Crippen molar-refractivity contribution >= 4 is 11.7 Å². The molecule has 1 aliphatic heterocycles. The van der Waals surface area contributed by atoms with Gasteiger partial charge in [-0.25, -0.2) is 4.98 Å². The largest absolute Gasteiger partial charge is 0.394 e. The number of aliphatic hydroxyl groups is 1. The van der Waals surface area contributed by atoms with Crippen molar-refractivity contribution in [1.82, 2.24) is 9.88 Å². The quantitative estimate of drug-likeness (QED) is 0.851. The van der Waals surface area contributed by atoms with E-state index < -0.39 is 0 Å². The van der Waals surface area contributed by atoms with Crippen molar-refractivity contribution in [3.05, 3.63) is 23.9 Å². The van der Waals surface area contributed by atoms with Crippen molar-refractivity contribution in [3.63, 3.8) is 0 Å². The van der Waals surface area contributed by atoms with E-state index in [0.29, 0.717) is 24.6 Å². The number of pyridine rings is 1. The van der Waals surface area contributed by atoms with Gasteiger partial charge in [0.15, 0.2) is 0 Å². The van der Waals surface area contributed by atoms with Gasteiger partial charge in [0, 0.05) is 19.6 Å². The first-order valence-corrected chi connectivity index (χ1v) is 7.40. The molecule has 1 saturated heterocycles. The number of anilines is 1. The third kappa shape index (κ3) is 4.15. The molecule has 2 atom stereocenters. The lowest BCUT2D eigenvalue weighted by Gasteiger charge is -2.35. The van der Waals surface area contributed by atoms with Crippen molar-refractivity contribution in [1.29, 1.82) is 0 Å². The Hall–Kier alpha value is -1.66. The molecular formula is C15H23N3O3. The first-order chi connectivity index (χ1) is 10.1. The molecule has 0 saturated carbocycles. The number of nitrogens with one attached hydrogen (secondary N) is 1. The molecular weight excluding hydrogens is 270 g/mol. The summed E-state index contributed by atoms with van der Waals surface area (Å²) >= 11 is 0. The Labute approximate surface area is 125 Å². The number of amides is 1. The highest BCUT2D eigenvalue weighted by atomic mass is 16.5. The van der Waals surface area contributed by atoms with Crippen LogP contribution in [0.5, 0.6) is 0 Å². The maximum absolute atomic E-state index is 12.5. The second kappa shape index (κ2) is 7.38. The zero-order valence-corrected chi connectivity index (χ0v) is 12.6. The van der Waals surface area contributed by atoms with Gasteiger partial charge in [-0.1, -0.05) is 13.0 Å². The van der Waals surface area contributed by atoms with Crippen LogP contribution in [0.3, 0.4) is 0 Å². The van der Waals surface area contributed by atoms with Crippen LogP contribution in [0.4, 0.5) is 5.82 Å². The summed E-state index contributed by atoms with van der Waals surface area (Å²) in [6.07, 6.45) is 0.597. The highest BCUT2D eigenvalue weighted by Crippen LogP contribution is 2.14. The molecule has 0 aromatic carbocycles. The van der Waals surface area contributed by atoms with Gasteiger partial charge < -0.3 is 20.1 Å². The summed E-state index contributed by atoms with van der Waals surface area (Å²) in [4.78, 5) is 18.6. The van der Waals surface area contributed by atoms with Crippen molar-refractivity contribution in [2.75, 3.05) is 31.6 Å². The zero-order chi connectivity index (χ0) is 15.2. The van der Waals surface area contributed by atoms with Crippen LogP contribution >= 0.6 is 0 Å². The van der Waals surface area contributed by atoms with Gasteiger partial charge in [0.2, 0.25) is 0 Å². The van der Waals surface area contributed by atoms with Gasteiger partial charge in [-0.15, -0.1) is 0 Å². The van der Waals surface area contributed by atoms with E-state index >= 15 is 0 Å². The molecule has 0 radical (unpaired) electrons. The Morgan fingerprint density at radius 3 is 3.05 bits per heavy atom. The van der Waals surface area contributed by atoms with E-state index in [2.05, 4.69) is 17.2 Å². The number of hydrogen-bond donors (Lipinski definition) is 2. The minimum absolute atomic E-state index is 0.0822. The molecule has 2 N–H and O–H groups in total. The highest BCUT2D eigenvalue weighted by molar-refractivity contribution is 5.92. The summed E-state index contributed by atoms with van der Waals surface area (Å²) in [7, 11) is 0. The van der Waals surface area contributed by atoms with Crippen LogP contribution in [-0.2, 0) is 4.74 Å². The van der Waals surface area contributed by atoms with Crippen LogP contribution in [-0.4, -0.2) is 59.3 Å². The Morgan fingerprint density at radius 1 is 1.52 bits per heavy atom. The van der Waals surface area contributed by atoms with E-state index in [1.165, 1.54) is 0 Å². The summed E-state index contributed by atoms with van der Waals surface area (Å²) in [6.45, 7) is 5.63. The van der Waals surface area contributed by atoms with Gasteiger partial charge in [-0.05, 0) is 25.5 Å². The van der Waals surface area contributed by atoms with Gasteiger partial charge >= 0.3 is 0 Å². The van der Waals surface area contributed by atoms with E-state index in [1.54, 1.807) is 11.0 Å². The van der Waals surface area contributed by atoms with E-state index in [9.17, 15) is 9.90 Å². The van der Waals surface area contributed by atoms with E-state index in [4.69, 9.17) is 4.74 Å². The number of aliphatic hydroxyl groups excluding tert-OH is 1. The van der Waals surface area contributed by atoms with Crippen molar-refractivity contribution in [2.24, 2.45) is 0 Å². The molecule has 1 amide bonds. The lowest BCUT2D eigenvalue weighted by atomic mass is 10.2. The number of morpholine rings is 1. The van der Waals surface area contributed by atoms with Crippen molar-refractivity contribution in [2.45, 2.75) is 32.5 Å². The second-order valence-corrected chi connectivity index (χ2v) is 5.30. The molecule has 6 nitrogen and oxygen atoms in total. The number of ether oxygens (including phenoxy) is 1. The molecule has 0 aliphatic carbocycles. The minimum atomic E-state index is -0.320. The second-order valence-electron chi connectivity index (χ2n) is 5.30. The Bertz CT molecular complexity index is 481. The first kappa shape index (κ1) is 15.7. The van der Waals surface area contributed by atoms with Crippen LogP contribution in [0.15, 0.2) is 18.2 Å². The average molecular weight is 293 g/mol. The number of carbonyl (C=O) groups excluding carboxylic acids is 1. The number of carbonyl (C=O) groups is 1. The summed E-state index contributed by atoms with van der Waals surface area (Å²) in [5.74, 6) is 0.589. The van der Waals surface area contributed by atoms with E-state index in [0.717, 1.165) is 13.0 Å². The molecule has 1 aromatic rings. The van der Waals surface area contributed by atoms with E-state index in [1.807, 2.05) is 19.1 Å². The van der Waals surface area contributed by atoms with Crippen molar-refractivity contribution in [3.8, 4) is 0 Å². The standard InChI is InChI=1S/C15H23N3O3/c1-3-7-16-14-6-4-5-13(17-14)15(20)18-8-11(2)21-12(9-18)10-19/h4-6,11-12,19H,3,7-10H2,1-2H3,(H,16,17). The zero-order valence-electron chi connectivity index (χ0n) is 12.6. The third-order valence-electron chi connectivity index (χ3n) is 3.34. The molecule has 1 aromatic heterocycles. The monoisotopic (exact) mass is 293 g/mol. The Kier molecular flexibility index (Phi) is 5.52. The summed E-state index contributed by atoms with van der Waals surface area (Å²) in [5, 5.41) is 12.4. The summed E-state index contributed by atoms with van der Waals surface area (Å²) < 4.78 is 5.55. The molecule has 2 heterocycles. The number of nitrogens with zero attached hydrogens (tertiary/aromatic N) is 2. The number of aromatic nitrogens is 1. The van der Waals surface area contributed by atoms with Crippen LogP contribution in [0.1, 0.15) is 30.8 Å². The fourth-order valence-corrected chi connectivity index (χ4v) is 2.38. The van der Waals surface area contributed by atoms with Gasteiger partial charge in [-0.2, -0.15) is 0 Å². The number of rotatable bonds is 5. The number of hydrogen-bond acceptors (Lipinski definition) is 5. The Morgan fingerprint density at radius 2 is 2.33 bits per heavy atom. The molecule has 2 rings (SSSR count). The summed E-state index contributed by atoms with van der Waals surface area (Å²) in [6, 6.07) is 5.39. The summed E-state index contributed by atoms with van der Waals surface area (Å²) in [5.41, 5.74) is 0.418. The van der Waals surface area contributed by atoms with Crippen LogP contribution < -0.4 is 5.32 Å². The fraction of sp³-hybridized carbons (Fsp3) is 0.600. The lowest BCUT2D eigenvalue weighted by molar-refractivity contribution is -0.0859. The molecule has 6 heteroatoms. The van der Waals surface area contributed by atoms with Crippen molar-refractivity contribution < 1.29 is 14.6 Å². The average Bonchev–Trinajstić information content (AvgIpc) is 2.51. The maximum Gasteiger partial charge on any atom is 0.272 e. The highest BCUT2D eigenvalue weighted by Gasteiger charge is 2.29. The topological polar surface area (TPSA) is 74.7 Å². The SMILES string of the molecule is CCCNc1cccc(C(=O)N2CC(C)OC(CO)C2)n1. The predicted molar refractivity (Wildman–Crippen MR) is 80.3 cm³/mol. The van der Waals surface area contributed by atoms with E-state index in [-0.39, 0.29) is 24.7 Å². The van der Waals surface area contributed by atoms with Crippen LogP contribution in [0, 0.1) is 0 Å². The fourth-order valence-electron chi connectivity index (χ4n) is 2.38. The van der Waals surface area contributed by atoms with Gasteiger partial charge in [0.1, 0.15) is 11.5 Å². The molecule has 1 aliphatic rings. The normalized spacial score (nSPS) is 22.1. The smallest absolute Gasteiger partial charge is 0.272 e. The van der Waals surface area contributed by atoms with Gasteiger partial charge in [-0.3, -0.25) is 4.79 Å². The van der Waals surface area contributed by atoms with Crippen LogP contribution in [0.25, 0.3) is 0 Å². The predicted octanol–water partition coefficient (Wildman–Crippen LogP) is 1.13. The lowest BCUT2D eigenvalue weighted by Crippen LogP contribution is -2.50. The van der Waals surface area contributed by atoms with Gasteiger partial charge in [0.25, 0.3) is 5.91 Å². The Balaban J connectivity index is 2.08. The van der Waals surface area contributed by atoms with Gasteiger partial charge in [0.05, 0.1) is 18.8 Å². The van der Waals surface area contributed by atoms with Crippen LogP contribution in [0.2, 0.25) is 0 Å². The first-order valence-electron chi connectivity index (χ1n) is 7.40. The molecule has 0 spiro atoms. The maximum atomic E-state index is 12.5.